The summed E-state index contributed by atoms with van der Waals surface area (Å²) >= 11 is 0. The van der Waals surface area contributed by atoms with Crippen molar-refractivity contribution in [3.8, 4) is 5.75 Å². The molecule has 1 aromatic carbocycles. The summed E-state index contributed by atoms with van der Waals surface area (Å²) in [6.07, 6.45) is 0.206. The number of ether oxygens (including phenoxy) is 2. The van der Waals surface area contributed by atoms with Gasteiger partial charge in [-0.3, -0.25) is 9.69 Å². The predicted octanol–water partition coefficient (Wildman–Crippen LogP) is 1.91. The molecule has 1 fully saturated rings. The highest BCUT2D eigenvalue weighted by molar-refractivity contribution is 5.81. The zero-order valence-corrected chi connectivity index (χ0v) is 14.4. The van der Waals surface area contributed by atoms with Gasteiger partial charge in [0.2, 0.25) is 0 Å². The standard InChI is InChI=1S/C18H28N2O3/c1-4-16(23-17-6-5-14(2)13-15(17)3)18(21)19-7-8-20-9-11-22-12-10-20/h5-6,13,16H,4,7-12H2,1-3H3,(H,19,21)/t16-/m1/s1. The van der Waals surface area contributed by atoms with E-state index in [0.717, 1.165) is 44.2 Å². The lowest BCUT2D eigenvalue weighted by atomic mass is 10.1. The van der Waals surface area contributed by atoms with Gasteiger partial charge in [-0.2, -0.15) is 0 Å². The molecular weight excluding hydrogens is 292 g/mol. The fraction of sp³-hybridized carbons (Fsp3) is 0.611. The van der Waals surface area contributed by atoms with Crippen molar-refractivity contribution in [3.63, 3.8) is 0 Å². The van der Waals surface area contributed by atoms with Crippen molar-refractivity contribution in [2.45, 2.75) is 33.3 Å². The minimum Gasteiger partial charge on any atom is -0.480 e. The zero-order chi connectivity index (χ0) is 16.7. The highest BCUT2D eigenvalue weighted by Crippen LogP contribution is 2.20. The molecule has 0 saturated carbocycles. The summed E-state index contributed by atoms with van der Waals surface area (Å²) in [4.78, 5) is 14.6. The Morgan fingerprint density at radius 3 is 2.74 bits per heavy atom. The SMILES string of the molecule is CC[C@@H](Oc1ccc(C)cc1C)C(=O)NCCN1CCOCC1. The molecule has 23 heavy (non-hydrogen) atoms. The van der Waals surface area contributed by atoms with Crippen molar-refractivity contribution in [2.75, 3.05) is 39.4 Å². The maximum Gasteiger partial charge on any atom is 0.261 e. The summed E-state index contributed by atoms with van der Waals surface area (Å²) in [7, 11) is 0. The van der Waals surface area contributed by atoms with E-state index < -0.39 is 6.10 Å². The average Bonchev–Trinajstić information content (AvgIpc) is 2.55. The van der Waals surface area contributed by atoms with Crippen LogP contribution in [0, 0.1) is 13.8 Å². The van der Waals surface area contributed by atoms with Crippen molar-refractivity contribution in [1.82, 2.24) is 10.2 Å². The van der Waals surface area contributed by atoms with Crippen LogP contribution in [0.25, 0.3) is 0 Å². The summed E-state index contributed by atoms with van der Waals surface area (Å²) in [5.74, 6) is 0.742. The number of benzene rings is 1. The number of amides is 1. The van der Waals surface area contributed by atoms with Crippen molar-refractivity contribution in [2.24, 2.45) is 0 Å². The molecule has 1 aliphatic heterocycles. The molecule has 2 rings (SSSR count). The maximum absolute atomic E-state index is 12.3. The van der Waals surface area contributed by atoms with Gasteiger partial charge >= 0.3 is 0 Å². The van der Waals surface area contributed by atoms with Gasteiger partial charge in [-0.05, 0) is 31.9 Å². The Labute approximate surface area is 139 Å². The van der Waals surface area contributed by atoms with Crippen LogP contribution in [-0.4, -0.2) is 56.3 Å². The quantitative estimate of drug-likeness (QED) is 0.834. The van der Waals surface area contributed by atoms with E-state index in [9.17, 15) is 4.79 Å². The molecule has 0 radical (unpaired) electrons. The van der Waals surface area contributed by atoms with Gasteiger partial charge in [0.15, 0.2) is 6.10 Å². The summed E-state index contributed by atoms with van der Waals surface area (Å²) in [6, 6.07) is 6.01. The van der Waals surface area contributed by atoms with Crippen LogP contribution in [0.2, 0.25) is 0 Å². The van der Waals surface area contributed by atoms with Crippen LogP contribution in [0.3, 0.4) is 0 Å². The number of morpholine rings is 1. The lowest BCUT2D eigenvalue weighted by molar-refractivity contribution is -0.128. The Bertz CT molecular complexity index is 513. The number of aryl methyl sites for hydroxylation is 2. The van der Waals surface area contributed by atoms with Crippen LogP contribution in [0.5, 0.6) is 5.75 Å². The monoisotopic (exact) mass is 320 g/mol. The number of nitrogens with one attached hydrogen (secondary N) is 1. The van der Waals surface area contributed by atoms with Crippen LogP contribution in [-0.2, 0) is 9.53 Å². The minimum absolute atomic E-state index is 0.0410. The zero-order valence-electron chi connectivity index (χ0n) is 14.4. The van der Waals surface area contributed by atoms with Gasteiger partial charge in [0.05, 0.1) is 13.2 Å². The van der Waals surface area contributed by atoms with E-state index in [2.05, 4.69) is 16.3 Å². The molecule has 1 aliphatic rings. The van der Waals surface area contributed by atoms with Gasteiger partial charge < -0.3 is 14.8 Å². The first kappa shape index (κ1) is 17.8. The number of rotatable bonds is 7. The fourth-order valence-electron chi connectivity index (χ4n) is 2.68. The van der Waals surface area contributed by atoms with E-state index in [-0.39, 0.29) is 5.91 Å². The molecule has 1 aromatic rings. The lowest BCUT2D eigenvalue weighted by Crippen LogP contribution is -2.44. The third-order valence-electron chi connectivity index (χ3n) is 4.09. The largest absolute Gasteiger partial charge is 0.480 e. The van der Waals surface area contributed by atoms with Gasteiger partial charge in [0.1, 0.15) is 5.75 Å². The molecule has 0 unspecified atom stereocenters. The number of carbonyl (C=O) groups excluding carboxylic acids is 1. The Morgan fingerprint density at radius 1 is 1.35 bits per heavy atom. The van der Waals surface area contributed by atoms with E-state index in [1.54, 1.807) is 0 Å². The lowest BCUT2D eigenvalue weighted by Gasteiger charge is -2.27. The summed E-state index contributed by atoms with van der Waals surface area (Å²) in [5.41, 5.74) is 2.25. The Morgan fingerprint density at radius 2 is 2.09 bits per heavy atom. The predicted molar refractivity (Wildman–Crippen MR) is 90.9 cm³/mol. The Hall–Kier alpha value is -1.59. The van der Waals surface area contributed by atoms with Gasteiger partial charge in [0.25, 0.3) is 5.91 Å². The number of nitrogens with zero attached hydrogens (tertiary/aromatic N) is 1. The molecule has 0 bridgehead atoms. The van der Waals surface area contributed by atoms with E-state index in [1.165, 1.54) is 5.56 Å². The molecule has 1 atom stereocenters. The maximum atomic E-state index is 12.3. The number of hydrogen-bond donors (Lipinski definition) is 1. The molecule has 1 N–H and O–H groups in total. The van der Waals surface area contributed by atoms with Crippen molar-refractivity contribution < 1.29 is 14.3 Å². The molecule has 0 spiro atoms. The molecule has 5 heteroatoms. The van der Waals surface area contributed by atoms with Crippen LogP contribution >= 0.6 is 0 Å². The fourth-order valence-corrected chi connectivity index (χ4v) is 2.68. The van der Waals surface area contributed by atoms with E-state index >= 15 is 0 Å². The molecule has 1 saturated heterocycles. The Kier molecular flexibility index (Phi) is 6.86. The first-order valence-electron chi connectivity index (χ1n) is 8.42. The van der Waals surface area contributed by atoms with E-state index in [4.69, 9.17) is 9.47 Å². The van der Waals surface area contributed by atoms with Crippen molar-refractivity contribution in [1.29, 1.82) is 0 Å². The smallest absolute Gasteiger partial charge is 0.261 e. The van der Waals surface area contributed by atoms with Crippen LogP contribution in [0.15, 0.2) is 18.2 Å². The van der Waals surface area contributed by atoms with Crippen LogP contribution < -0.4 is 10.1 Å². The average molecular weight is 320 g/mol. The van der Waals surface area contributed by atoms with Gasteiger partial charge in [-0.1, -0.05) is 24.6 Å². The normalized spacial score (nSPS) is 16.8. The molecule has 1 amide bonds. The minimum atomic E-state index is -0.443. The second kappa shape index (κ2) is 8.89. The van der Waals surface area contributed by atoms with Crippen molar-refractivity contribution >= 4 is 5.91 Å². The first-order valence-corrected chi connectivity index (χ1v) is 8.42. The number of hydrogen-bond acceptors (Lipinski definition) is 4. The highest BCUT2D eigenvalue weighted by Gasteiger charge is 2.19. The first-order chi connectivity index (χ1) is 11.1. The number of carbonyl (C=O) groups is 1. The molecule has 0 aliphatic carbocycles. The Balaban J connectivity index is 1.80. The van der Waals surface area contributed by atoms with E-state index in [1.807, 2.05) is 32.9 Å². The molecule has 128 valence electrons. The van der Waals surface area contributed by atoms with Gasteiger partial charge in [-0.15, -0.1) is 0 Å². The summed E-state index contributed by atoms with van der Waals surface area (Å²) in [6.45, 7) is 11.0. The second-order valence-corrected chi connectivity index (χ2v) is 6.03. The van der Waals surface area contributed by atoms with Gasteiger partial charge in [0, 0.05) is 26.2 Å². The van der Waals surface area contributed by atoms with E-state index in [0.29, 0.717) is 13.0 Å². The summed E-state index contributed by atoms with van der Waals surface area (Å²) < 4.78 is 11.2. The topological polar surface area (TPSA) is 50.8 Å². The van der Waals surface area contributed by atoms with Crippen LogP contribution in [0.1, 0.15) is 24.5 Å². The molecule has 0 aromatic heterocycles. The van der Waals surface area contributed by atoms with Gasteiger partial charge in [-0.25, -0.2) is 0 Å². The molecule has 5 nitrogen and oxygen atoms in total. The molecular formula is C18H28N2O3. The summed E-state index contributed by atoms with van der Waals surface area (Å²) in [5, 5.41) is 2.99. The third kappa shape index (κ3) is 5.52. The highest BCUT2D eigenvalue weighted by atomic mass is 16.5. The molecule has 1 heterocycles. The third-order valence-corrected chi connectivity index (χ3v) is 4.09. The van der Waals surface area contributed by atoms with Crippen molar-refractivity contribution in [3.05, 3.63) is 29.3 Å². The van der Waals surface area contributed by atoms with Crippen LogP contribution in [0.4, 0.5) is 0 Å². The second-order valence-electron chi connectivity index (χ2n) is 6.03.